The number of nitrogens with zero attached hydrogens (tertiary/aromatic N) is 1. The molecule has 3 aromatic rings. The Balaban J connectivity index is 1.88. The fourth-order valence-electron chi connectivity index (χ4n) is 3.51. The lowest BCUT2D eigenvalue weighted by Crippen LogP contribution is -2.51. The fraction of sp³-hybridized carbons (Fsp3) is 0.259. The molecule has 0 spiro atoms. The van der Waals surface area contributed by atoms with Crippen molar-refractivity contribution in [2.75, 3.05) is 13.2 Å². The van der Waals surface area contributed by atoms with E-state index in [1.165, 1.54) is 0 Å². The molecule has 0 radical (unpaired) electrons. The van der Waals surface area contributed by atoms with Gasteiger partial charge in [-0.15, -0.1) is 0 Å². The van der Waals surface area contributed by atoms with Crippen LogP contribution in [0.2, 0.25) is 5.02 Å². The monoisotopic (exact) mass is 542 g/mol. The number of carbonyl (C=O) groups is 2. The van der Waals surface area contributed by atoms with E-state index in [4.69, 9.17) is 16.3 Å². The molecule has 3 rings (SSSR count). The molecule has 0 aromatic heterocycles. The van der Waals surface area contributed by atoms with Crippen molar-refractivity contribution >= 4 is 39.3 Å². The summed E-state index contributed by atoms with van der Waals surface area (Å²) in [5, 5.41) is 3.56. The summed E-state index contributed by atoms with van der Waals surface area (Å²) < 4.78 is 6.64. The van der Waals surface area contributed by atoms with Gasteiger partial charge in [0, 0.05) is 29.0 Å². The van der Waals surface area contributed by atoms with E-state index in [-0.39, 0.29) is 25.0 Å². The summed E-state index contributed by atoms with van der Waals surface area (Å²) in [6.45, 7) is 2.63. The van der Waals surface area contributed by atoms with E-state index in [0.717, 1.165) is 22.0 Å². The average Bonchev–Trinajstić information content (AvgIpc) is 2.85. The second-order valence-electron chi connectivity index (χ2n) is 7.89. The molecule has 0 aliphatic carbocycles. The maximum atomic E-state index is 13.5. The van der Waals surface area contributed by atoms with Crippen LogP contribution >= 0.6 is 27.5 Å². The van der Waals surface area contributed by atoms with Gasteiger partial charge in [0.2, 0.25) is 5.91 Å². The highest BCUT2D eigenvalue weighted by Crippen LogP contribution is 2.19. The highest BCUT2D eigenvalue weighted by Gasteiger charge is 2.30. The van der Waals surface area contributed by atoms with Gasteiger partial charge in [-0.3, -0.25) is 9.59 Å². The van der Waals surface area contributed by atoms with E-state index in [2.05, 4.69) is 21.2 Å². The molecule has 0 fully saturated rings. The summed E-state index contributed by atoms with van der Waals surface area (Å²) in [4.78, 5) is 28.3. The van der Waals surface area contributed by atoms with E-state index in [1.807, 2.05) is 61.5 Å². The third kappa shape index (κ3) is 7.89. The predicted octanol–water partition coefficient (Wildman–Crippen LogP) is 5.65. The molecule has 5 nitrogen and oxygen atoms in total. The molecule has 7 heteroatoms. The highest BCUT2D eigenvalue weighted by atomic mass is 79.9. The van der Waals surface area contributed by atoms with Gasteiger partial charge >= 0.3 is 0 Å². The molecule has 1 atom stereocenters. The lowest BCUT2D eigenvalue weighted by atomic mass is 10.0. The summed E-state index contributed by atoms with van der Waals surface area (Å²) in [5.41, 5.74) is 1.89. The zero-order valence-electron chi connectivity index (χ0n) is 19.0. The van der Waals surface area contributed by atoms with Crippen LogP contribution in [0.15, 0.2) is 83.3 Å². The molecule has 0 saturated carbocycles. The number of ether oxygens (including phenoxy) is 1. The molecule has 0 saturated heterocycles. The molecule has 2 amide bonds. The van der Waals surface area contributed by atoms with Crippen LogP contribution < -0.4 is 10.1 Å². The number of amides is 2. The van der Waals surface area contributed by atoms with Gasteiger partial charge in [0.1, 0.15) is 11.8 Å². The Kier molecular flexibility index (Phi) is 9.98. The largest absolute Gasteiger partial charge is 0.484 e. The number of hydrogen-bond donors (Lipinski definition) is 1. The topological polar surface area (TPSA) is 58.6 Å². The molecule has 178 valence electrons. The van der Waals surface area contributed by atoms with Crippen LogP contribution in [0.3, 0.4) is 0 Å². The van der Waals surface area contributed by atoms with Crippen molar-refractivity contribution in [3.63, 3.8) is 0 Å². The smallest absolute Gasteiger partial charge is 0.261 e. The van der Waals surface area contributed by atoms with Gasteiger partial charge in [0.15, 0.2) is 6.61 Å². The molecule has 0 bridgehead atoms. The second-order valence-corrected chi connectivity index (χ2v) is 9.24. The quantitative estimate of drug-likeness (QED) is 0.340. The van der Waals surface area contributed by atoms with Gasteiger partial charge in [0.05, 0.1) is 0 Å². The van der Waals surface area contributed by atoms with Crippen molar-refractivity contribution in [1.29, 1.82) is 0 Å². The normalized spacial score (nSPS) is 11.5. The van der Waals surface area contributed by atoms with E-state index >= 15 is 0 Å². The Morgan fingerprint density at radius 2 is 1.71 bits per heavy atom. The number of rotatable bonds is 11. The number of carbonyl (C=O) groups excluding carboxylic acids is 2. The first-order chi connectivity index (χ1) is 16.5. The molecule has 1 N–H and O–H groups in total. The summed E-state index contributed by atoms with van der Waals surface area (Å²) >= 11 is 9.44. The third-order valence-corrected chi connectivity index (χ3v) is 5.98. The van der Waals surface area contributed by atoms with Gasteiger partial charge in [-0.1, -0.05) is 76.9 Å². The van der Waals surface area contributed by atoms with E-state index in [1.54, 1.807) is 29.2 Å². The lowest BCUT2D eigenvalue weighted by molar-refractivity contribution is -0.142. The Morgan fingerprint density at radius 3 is 2.38 bits per heavy atom. The summed E-state index contributed by atoms with van der Waals surface area (Å²) in [6, 6.07) is 23.6. The Hall–Kier alpha value is -2.83. The first-order valence-corrected chi connectivity index (χ1v) is 12.4. The maximum Gasteiger partial charge on any atom is 0.261 e. The number of nitrogens with one attached hydrogen (secondary N) is 1. The average molecular weight is 544 g/mol. The van der Waals surface area contributed by atoms with Gasteiger partial charge in [-0.25, -0.2) is 0 Å². The van der Waals surface area contributed by atoms with Gasteiger partial charge in [0.25, 0.3) is 5.91 Å². The number of hydrogen-bond acceptors (Lipinski definition) is 3. The van der Waals surface area contributed by atoms with E-state index in [0.29, 0.717) is 23.7 Å². The maximum absolute atomic E-state index is 13.5. The lowest BCUT2D eigenvalue weighted by Gasteiger charge is -2.31. The van der Waals surface area contributed by atoms with Crippen molar-refractivity contribution in [1.82, 2.24) is 10.2 Å². The molecule has 0 unspecified atom stereocenters. The Labute approximate surface area is 214 Å². The first-order valence-electron chi connectivity index (χ1n) is 11.2. The van der Waals surface area contributed by atoms with Crippen LogP contribution in [0.4, 0.5) is 0 Å². The van der Waals surface area contributed by atoms with E-state index < -0.39 is 6.04 Å². The van der Waals surface area contributed by atoms with Gasteiger partial charge in [-0.2, -0.15) is 0 Å². The van der Waals surface area contributed by atoms with Crippen molar-refractivity contribution in [3.8, 4) is 5.75 Å². The zero-order valence-corrected chi connectivity index (χ0v) is 21.4. The van der Waals surface area contributed by atoms with Crippen molar-refractivity contribution < 1.29 is 14.3 Å². The number of benzene rings is 3. The van der Waals surface area contributed by atoms with Gasteiger partial charge in [-0.05, 0) is 53.9 Å². The third-order valence-electron chi connectivity index (χ3n) is 5.24. The summed E-state index contributed by atoms with van der Waals surface area (Å²) in [5.74, 6) is 0.0817. The van der Waals surface area contributed by atoms with Crippen LogP contribution in [-0.2, 0) is 22.6 Å². The minimum Gasteiger partial charge on any atom is -0.484 e. The zero-order chi connectivity index (χ0) is 24.3. The summed E-state index contributed by atoms with van der Waals surface area (Å²) in [6.07, 6.45) is 1.21. The molecule has 0 aliphatic heterocycles. The Morgan fingerprint density at radius 1 is 1.00 bits per heavy atom. The SMILES string of the molecule is CCCNC(=O)[C@H](Cc1ccccc1)N(Cc1cccc(Br)c1)C(=O)COc1ccc(Cl)cc1. The molecule has 0 heterocycles. The van der Waals surface area contributed by atoms with Crippen molar-refractivity contribution in [2.45, 2.75) is 32.4 Å². The summed E-state index contributed by atoms with van der Waals surface area (Å²) in [7, 11) is 0. The fourth-order valence-corrected chi connectivity index (χ4v) is 4.08. The minimum absolute atomic E-state index is 0.180. The van der Waals surface area contributed by atoms with Crippen molar-refractivity contribution in [3.05, 3.63) is 99.5 Å². The standard InChI is InChI=1S/C27H28BrClN2O3/c1-2-15-30-27(33)25(17-20-7-4-3-5-8-20)31(18-21-9-6-10-22(28)16-21)26(32)19-34-24-13-11-23(29)12-14-24/h3-14,16,25H,2,15,17-19H2,1H3,(H,30,33)/t25-/m0/s1. The van der Waals surface area contributed by atoms with E-state index in [9.17, 15) is 9.59 Å². The van der Waals surface area contributed by atoms with Gasteiger partial charge < -0.3 is 15.0 Å². The molecule has 3 aromatic carbocycles. The molecular formula is C27H28BrClN2O3. The molecule has 34 heavy (non-hydrogen) atoms. The van der Waals surface area contributed by atoms with Crippen LogP contribution in [0, 0.1) is 0 Å². The number of halogens is 2. The first kappa shape index (κ1) is 25.8. The van der Waals surface area contributed by atoms with Crippen LogP contribution in [0.5, 0.6) is 5.75 Å². The van der Waals surface area contributed by atoms with Crippen LogP contribution in [0.1, 0.15) is 24.5 Å². The van der Waals surface area contributed by atoms with Crippen LogP contribution in [-0.4, -0.2) is 35.9 Å². The van der Waals surface area contributed by atoms with Crippen LogP contribution in [0.25, 0.3) is 0 Å². The van der Waals surface area contributed by atoms with Crippen molar-refractivity contribution in [2.24, 2.45) is 0 Å². The predicted molar refractivity (Wildman–Crippen MR) is 139 cm³/mol. The molecule has 0 aliphatic rings. The minimum atomic E-state index is -0.686. The molecular weight excluding hydrogens is 516 g/mol. The Bertz CT molecular complexity index is 1080. The highest BCUT2D eigenvalue weighted by molar-refractivity contribution is 9.10. The second kappa shape index (κ2) is 13.2.